The fourth-order valence-electron chi connectivity index (χ4n) is 1.01. The van der Waals surface area contributed by atoms with Crippen molar-refractivity contribution in [1.29, 1.82) is 1.43 Å². The Bertz CT molecular complexity index is 150. The Morgan fingerprint density at radius 3 is 2.36 bits per heavy atom. The van der Waals surface area contributed by atoms with Gasteiger partial charge in [-0.2, -0.15) is 0 Å². The van der Waals surface area contributed by atoms with Crippen LogP contribution in [0.1, 0.15) is 6.92 Å². The molecule has 1 aliphatic heterocycles. The van der Waals surface area contributed by atoms with E-state index in [1.165, 1.54) is 6.92 Å². The van der Waals surface area contributed by atoms with Crippen LogP contribution >= 0.6 is 0 Å². The van der Waals surface area contributed by atoms with Crippen LogP contribution in [0.25, 0.3) is 0 Å². The second-order valence-corrected chi connectivity index (χ2v) is 2.68. The van der Waals surface area contributed by atoms with Crippen molar-refractivity contribution in [3.05, 3.63) is 0 Å². The lowest BCUT2D eigenvalue weighted by Crippen LogP contribution is -2.56. The number of rotatable bonds is 1. The maximum atomic E-state index is 9.18. The van der Waals surface area contributed by atoms with Gasteiger partial charge < -0.3 is 25.2 Å². The van der Waals surface area contributed by atoms with Crippen molar-refractivity contribution < 1.29 is 25.2 Å². The molecule has 0 bridgehead atoms. The van der Waals surface area contributed by atoms with Crippen molar-refractivity contribution in [2.45, 2.75) is 37.6 Å². The third-order valence-electron chi connectivity index (χ3n) is 1.81. The lowest BCUT2D eigenvalue weighted by molar-refractivity contribution is -0.277. The Kier molecular flexibility index (Phi) is 2.06. The van der Waals surface area contributed by atoms with Gasteiger partial charge in [-0.25, -0.2) is 0 Å². The standard InChI is InChI=1S/C6H12O5/c1-2-3(7)4(8)5(9)6(10)11-2/h2-10H,1H3/t2-,3-,4+,5-,6+/m1/s1/i10T. The van der Waals surface area contributed by atoms with Crippen molar-refractivity contribution in [2.24, 2.45) is 0 Å². The van der Waals surface area contributed by atoms with Gasteiger partial charge in [0, 0.05) is 0 Å². The minimum Gasteiger partial charge on any atom is -0.388 e. The molecule has 0 saturated carbocycles. The molecule has 0 radical (unpaired) electrons. The molecule has 11 heavy (non-hydrogen) atoms. The van der Waals surface area contributed by atoms with Crippen LogP contribution in [0.15, 0.2) is 0 Å². The Morgan fingerprint density at radius 2 is 1.82 bits per heavy atom. The molecular formula is C6H12O5. The average molecular weight is 166 g/mol. The summed E-state index contributed by atoms with van der Waals surface area (Å²) in [4.78, 5) is 0. The first-order valence-corrected chi connectivity index (χ1v) is 3.39. The Morgan fingerprint density at radius 1 is 1.18 bits per heavy atom. The summed E-state index contributed by atoms with van der Waals surface area (Å²) >= 11 is 0. The highest BCUT2D eigenvalue weighted by molar-refractivity contribution is 4.86. The van der Waals surface area contributed by atoms with Crippen LogP contribution in [0.2, 0.25) is 0 Å². The zero-order valence-corrected chi connectivity index (χ0v) is 6.04. The van der Waals surface area contributed by atoms with E-state index in [1.807, 2.05) is 0 Å². The van der Waals surface area contributed by atoms with E-state index in [9.17, 15) is 10.2 Å². The highest BCUT2D eigenvalue weighted by atomic mass is 16.6. The van der Waals surface area contributed by atoms with Crippen LogP contribution in [0.5, 0.6) is 0 Å². The summed E-state index contributed by atoms with van der Waals surface area (Å²) in [6, 6.07) is 0. The van der Waals surface area contributed by atoms with Gasteiger partial charge in [0.2, 0.25) is 1.43 Å². The smallest absolute Gasteiger partial charge is 0.213 e. The van der Waals surface area contributed by atoms with Gasteiger partial charge in [-0.05, 0) is 6.92 Å². The fourth-order valence-corrected chi connectivity index (χ4v) is 1.01. The molecule has 0 aliphatic carbocycles. The Hall–Kier alpha value is -0.200. The van der Waals surface area contributed by atoms with Crippen LogP contribution < -0.4 is 0 Å². The van der Waals surface area contributed by atoms with E-state index in [4.69, 9.17) is 11.3 Å². The normalized spacial score (nSPS) is 53.8. The highest BCUT2D eigenvalue weighted by Crippen LogP contribution is 2.18. The maximum Gasteiger partial charge on any atom is 0.213 e. The van der Waals surface area contributed by atoms with Crippen LogP contribution in [-0.2, 0) is 4.74 Å². The van der Waals surface area contributed by atoms with Crippen molar-refractivity contribution in [2.75, 3.05) is 0 Å². The van der Waals surface area contributed by atoms with Crippen molar-refractivity contribution >= 4 is 0 Å². The first kappa shape index (κ1) is 7.45. The third kappa shape index (κ3) is 1.52. The number of hydrogen-bond donors (Lipinski definition) is 4. The summed E-state index contributed by atoms with van der Waals surface area (Å²) in [6.07, 6.45) is -5.71. The van der Waals surface area contributed by atoms with Gasteiger partial charge in [-0.15, -0.1) is 0 Å². The second kappa shape index (κ2) is 3.04. The molecule has 0 spiro atoms. The molecule has 0 aromatic heterocycles. The van der Waals surface area contributed by atoms with E-state index in [-0.39, 0.29) is 0 Å². The van der Waals surface area contributed by atoms with E-state index >= 15 is 0 Å². The number of aliphatic hydroxyl groups excluding tert-OH is 4. The fraction of sp³-hybridized carbons (Fsp3) is 1.00. The van der Waals surface area contributed by atoms with Gasteiger partial charge >= 0.3 is 0 Å². The van der Waals surface area contributed by atoms with E-state index in [1.54, 1.807) is 0 Å². The second-order valence-electron chi connectivity index (χ2n) is 2.68. The summed E-state index contributed by atoms with van der Waals surface area (Å²) in [6.45, 7) is 1.52. The predicted octanol–water partition coefficient (Wildman–Crippen LogP) is -2.19. The van der Waals surface area contributed by atoms with Gasteiger partial charge in [0.05, 0.1) is 6.10 Å². The highest BCUT2D eigenvalue weighted by Gasteiger charge is 2.40. The predicted molar refractivity (Wildman–Crippen MR) is 34.6 cm³/mol. The molecule has 0 amide bonds. The summed E-state index contributed by atoms with van der Waals surface area (Å²) < 4.78 is 11.4. The minimum absolute atomic E-state index is 0.654. The number of hydrogen-bond acceptors (Lipinski definition) is 5. The molecule has 5 heteroatoms. The molecular weight excluding hydrogens is 152 g/mol. The van der Waals surface area contributed by atoms with Crippen molar-refractivity contribution in [3.63, 3.8) is 0 Å². The lowest BCUT2D eigenvalue weighted by atomic mass is 10.0. The lowest BCUT2D eigenvalue weighted by Gasteiger charge is -2.36. The van der Waals surface area contributed by atoms with Gasteiger partial charge in [0.25, 0.3) is 0 Å². The molecule has 0 unspecified atom stereocenters. The topological polar surface area (TPSA) is 90.2 Å². The molecule has 5 nitrogen and oxygen atoms in total. The Labute approximate surface area is 65.3 Å². The van der Waals surface area contributed by atoms with E-state index in [0.717, 1.165) is 0 Å². The summed E-state index contributed by atoms with van der Waals surface area (Å²) in [7, 11) is 0. The average Bonchev–Trinajstić information content (AvgIpc) is 2.08. The molecule has 4 N–H and O–H groups in total. The van der Waals surface area contributed by atoms with Gasteiger partial charge in [0.1, 0.15) is 18.3 Å². The summed E-state index contributed by atoms with van der Waals surface area (Å²) in [5.41, 5.74) is 0. The maximum absolute atomic E-state index is 9.18. The number of ether oxygens (including phenoxy) is 1. The van der Waals surface area contributed by atoms with Crippen LogP contribution in [-0.4, -0.2) is 52.6 Å². The zero-order chi connectivity index (χ0) is 9.30. The van der Waals surface area contributed by atoms with Crippen molar-refractivity contribution in [1.82, 2.24) is 0 Å². The first-order valence-electron chi connectivity index (χ1n) is 3.80. The molecule has 1 rings (SSSR count). The van der Waals surface area contributed by atoms with E-state index in [0.29, 0.717) is 0 Å². The molecule has 1 saturated heterocycles. The Balaban J connectivity index is 2.63. The zero-order valence-electron chi connectivity index (χ0n) is 7.04. The van der Waals surface area contributed by atoms with Gasteiger partial charge in [-0.1, -0.05) is 0 Å². The van der Waals surface area contributed by atoms with Gasteiger partial charge in [-0.3, -0.25) is 0 Å². The largest absolute Gasteiger partial charge is 0.388 e. The summed E-state index contributed by atoms with van der Waals surface area (Å²) in [5.74, 6) is 0. The molecule has 1 fully saturated rings. The molecule has 5 atom stereocenters. The molecule has 1 heterocycles. The van der Waals surface area contributed by atoms with Gasteiger partial charge in [0.15, 0.2) is 6.29 Å². The first-order chi connectivity index (χ1) is 5.57. The van der Waals surface area contributed by atoms with Crippen LogP contribution in [0.3, 0.4) is 0 Å². The monoisotopic (exact) mass is 166 g/mol. The quantitative estimate of drug-likeness (QED) is 0.355. The minimum atomic E-state index is -1.38. The van der Waals surface area contributed by atoms with E-state index < -0.39 is 30.7 Å². The molecule has 0 aromatic rings. The molecule has 66 valence electrons. The van der Waals surface area contributed by atoms with Crippen molar-refractivity contribution in [3.8, 4) is 0 Å². The van der Waals surface area contributed by atoms with Crippen LogP contribution in [0.4, 0.5) is 0 Å². The van der Waals surface area contributed by atoms with Crippen LogP contribution in [0, 0.1) is 0 Å². The van der Waals surface area contributed by atoms with E-state index in [2.05, 4.69) is 5.11 Å². The number of aliphatic hydroxyl groups is 4. The molecule has 1 aliphatic rings. The third-order valence-corrected chi connectivity index (χ3v) is 1.81. The summed E-state index contributed by atoms with van der Waals surface area (Å²) in [5, 5.41) is 31.5. The molecule has 0 aromatic carbocycles. The SMILES string of the molecule is [3H]O[C@H]1O[C@H](C)[C@@H](O)[C@H](O)[C@H]1O.